The molecule has 25 heavy (non-hydrogen) atoms. The fraction of sp³-hybridized carbons (Fsp3) is 0.263. The highest BCUT2D eigenvalue weighted by Gasteiger charge is 2.29. The van der Waals surface area contributed by atoms with Crippen molar-refractivity contribution in [3.8, 4) is 17.0 Å². The maximum absolute atomic E-state index is 11.3. The Hall–Kier alpha value is -3.02. The number of aryl methyl sites for hydroxylation is 2. The lowest BCUT2D eigenvalue weighted by molar-refractivity contribution is 0.0659. The number of rotatable bonds is 4. The number of hydrogen-bond acceptors (Lipinski definition) is 4. The first-order chi connectivity index (χ1) is 12.1. The van der Waals surface area contributed by atoms with Gasteiger partial charge in [0.25, 0.3) is 0 Å². The van der Waals surface area contributed by atoms with Gasteiger partial charge in [-0.25, -0.2) is 4.79 Å². The number of ether oxygens (including phenoxy) is 1. The number of carboxylic acid groups (broad SMARTS) is 1. The lowest BCUT2D eigenvalue weighted by Crippen LogP contribution is -2.01. The van der Waals surface area contributed by atoms with Crippen molar-refractivity contribution in [2.45, 2.75) is 26.3 Å². The summed E-state index contributed by atoms with van der Waals surface area (Å²) in [6.45, 7) is 2.43. The number of hydrogen-bond donors (Lipinski definition) is 1. The zero-order chi connectivity index (χ0) is 17.6. The molecule has 0 aliphatic heterocycles. The second kappa shape index (κ2) is 5.81. The minimum atomic E-state index is -1.04. The first kappa shape index (κ1) is 15.5. The van der Waals surface area contributed by atoms with Crippen molar-refractivity contribution in [2.24, 2.45) is 0 Å². The van der Waals surface area contributed by atoms with E-state index >= 15 is 0 Å². The Labute approximate surface area is 144 Å². The van der Waals surface area contributed by atoms with E-state index in [2.05, 4.69) is 0 Å². The highest BCUT2D eigenvalue weighted by Crippen LogP contribution is 2.38. The summed E-state index contributed by atoms with van der Waals surface area (Å²) in [6, 6.07) is 7.87. The Morgan fingerprint density at radius 3 is 2.76 bits per heavy atom. The lowest BCUT2D eigenvalue weighted by Gasteiger charge is -2.09. The van der Waals surface area contributed by atoms with Crippen LogP contribution in [0.4, 0.5) is 0 Å². The number of furan rings is 1. The van der Waals surface area contributed by atoms with E-state index in [-0.39, 0.29) is 5.76 Å². The molecule has 3 aromatic rings. The maximum Gasteiger partial charge on any atom is 0.372 e. The molecule has 2 heterocycles. The van der Waals surface area contributed by atoms with E-state index in [0.717, 1.165) is 40.3 Å². The van der Waals surface area contributed by atoms with Gasteiger partial charge in [-0.2, -0.15) is 5.10 Å². The summed E-state index contributed by atoms with van der Waals surface area (Å²) in [4.78, 5) is 11.3. The molecule has 1 aromatic carbocycles. The molecule has 4 rings (SSSR count). The molecule has 0 amide bonds. The molecular weight excluding hydrogens is 320 g/mol. The van der Waals surface area contributed by atoms with Crippen LogP contribution in [0.3, 0.4) is 0 Å². The van der Waals surface area contributed by atoms with Crippen LogP contribution in [-0.2, 0) is 19.4 Å². The monoisotopic (exact) mass is 338 g/mol. The maximum atomic E-state index is 11.3. The smallest absolute Gasteiger partial charge is 0.372 e. The van der Waals surface area contributed by atoms with E-state index in [4.69, 9.17) is 14.3 Å². The number of carbonyl (C=O) groups is 1. The number of methoxy groups -OCH3 is 1. The van der Waals surface area contributed by atoms with Gasteiger partial charge in [-0.05, 0) is 36.6 Å². The third-order valence-corrected chi connectivity index (χ3v) is 4.61. The summed E-state index contributed by atoms with van der Waals surface area (Å²) in [7, 11) is 1.65. The SMILES string of the molecule is COc1ccc(Cn2cc3c(n2)-c2c(oc(C(=O)O)c2C)CC3)cc1. The van der Waals surface area contributed by atoms with Crippen molar-refractivity contribution in [1.82, 2.24) is 9.78 Å². The summed E-state index contributed by atoms with van der Waals surface area (Å²) in [6.07, 6.45) is 3.54. The summed E-state index contributed by atoms with van der Waals surface area (Å²) >= 11 is 0. The van der Waals surface area contributed by atoms with Gasteiger partial charge in [0.2, 0.25) is 5.76 Å². The molecule has 1 aliphatic rings. The molecule has 6 heteroatoms. The number of nitrogens with zero attached hydrogens (tertiary/aromatic N) is 2. The van der Waals surface area contributed by atoms with Gasteiger partial charge in [0, 0.05) is 23.7 Å². The van der Waals surface area contributed by atoms with Crippen molar-refractivity contribution in [3.63, 3.8) is 0 Å². The average molecular weight is 338 g/mol. The van der Waals surface area contributed by atoms with E-state index in [1.165, 1.54) is 0 Å². The van der Waals surface area contributed by atoms with Crippen LogP contribution in [0.25, 0.3) is 11.3 Å². The zero-order valence-electron chi connectivity index (χ0n) is 14.1. The Balaban J connectivity index is 1.68. The van der Waals surface area contributed by atoms with Gasteiger partial charge in [0.15, 0.2) is 0 Å². The van der Waals surface area contributed by atoms with Gasteiger partial charge in [0.1, 0.15) is 11.5 Å². The van der Waals surface area contributed by atoms with Crippen LogP contribution < -0.4 is 4.74 Å². The van der Waals surface area contributed by atoms with Gasteiger partial charge in [-0.3, -0.25) is 4.68 Å². The van der Waals surface area contributed by atoms with Gasteiger partial charge >= 0.3 is 5.97 Å². The molecule has 0 bridgehead atoms. The summed E-state index contributed by atoms with van der Waals surface area (Å²) in [5.74, 6) is 0.522. The summed E-state index contributed by atoms with van der Waals surface area (Å²) in [5.41, 5.74) is 4.58. The van der Waals surface area contributed by atoms with Crippen LogP contribution in [0.5, 0.6) is 5.75 Å². The minimum Gasteiger partial charge on any atom is -0.497 e. The number of fused-ring (bicyclic) bond motifs is 3. The standard InChI is InChI=1S/C19H18N2O4/c1-11-16-15(25-18(11)19(22)23)8-5-13-10-21(20-17(13)16)9-12-3-6-14(24-2)7-4-12/h3-4,6-7,10H,5,8-9H2,1-2H3,(H,22,23). The minimum absolute atomic E-state index is 0.0163. The molecule has 0 saturated heterocycles. The van der Waals surface area contributed by atoms with Crippen molar-refractivity contribution in [1.29, 1.82) is 0 Å². The van der Waals surface area contributed by atoms with Crippen LogP contribution >= 0.6 is 0 Å². The van der Waals surface area contributed by atoms with Crippen LogP contribution in [0.15, 0.2) is 34.9 Å². The predicted octanol–water partition coefficient (Wildman–Crippen LogP) is 3.31. The Morgan fingerprint density at radius 2 is 2.08 bits per heavy atom. The quantitative estimate of drug-likeness (QED) is 0.790. The normalized spacial score (nSPS) is 12.6. The van der Waals surface area contributed by atoms with Gasteiger partial charge in [-0.1, -0.05) is 12.1 Å². The molecule has 0 atom stereocenters. The highest BCUT2D eigenvalue weighted by molar-refractivity contribution is 5.90. The van der Waals surface area contributed by atoms with Crippen LogP contribution in [0.1, 0.15) is 33.0 Å². The fourth-order valence-electron chi connectivity index (χ4n) is 3.37. The molecule has 6 nitrogen and oxygen atoms in total. The molecule has 0 fully saturated rings. The molecule has 1 aliphatic carbocycles. The van der Waals surface area contributed by atoms with Crippen molar-refractivity contribution in [3.05, 3.63) is 58.7 Å². The van der Waals surface area contributed by atoms with E-state index in [1.807, 2.05) is 35.1 Å². The third kappa shape index (κ3) is 2.59. The molecule has 0 spiro atoms. The fourth-order valence-corrected chi connectivity index (χ4v) is 3.37. The summed E-state index contributed by atoms with van der Waals surface area (Å²) in [5, 5.41) is 14.0. The second-order valence-electron chi connectivity index (χ2n) is 6.21. The average Bonchev–Trinajstić information content (AvgIpc) is 3.16. The van der Waals surface area contributed by atoms with Crippen LogP contribution in [0, 0.1) is 6.92 Å². The van der Waals surface area contributed by atoms with E-state index in [0.29, 0.717) is 18.5 Å². The Morgan fingerprint density at radius 1 is 1.32 bits per heavy atom. The molecule has 1 N–H and O–H groups in total. The number of aromatic carboxylic acids is 1. The third-order valence-electron chi connectivity index (χ3n) is 4.61. The van der Waals surface area contributed by atoms with E-state index < -0.39 is 5.97 Å². The van der Waals surface area contributed by atoms with Crippen molar-refractivity contribution in [2.75, 3.05) is 7.11 Å². The first-order valence-corrected chi connectivity index (χ1v) is 8.12. The predicted molar refractivity (Wildman–Crippen MR) is 91.1 cm³/mol. The summed E-state index contributed by atoms with van der Waals surface area (Å²) < 4.78 is 12.6. The van der Waals surface area contributed by atoms with Gasteiger partial charge < -0.3 is 14.3 Å². The van der Waals surface area contributed by atoms with Crippen molar-refractivity contribution < 1.29 is 19.1 Å². The van der Waals surface area contributed by atoms with Crippen molar-refractivity contribution >= 4 is 5.97 Å². The molecule has 0 radical (unpaired) electrons. The largest absolute Gasteiger partial charge is 0.497 e. The molecule has 0 unspecified atom stereocenters. The Bertz CT molecular complexity index is 951. The van der Waals surface area contributed by atoms with Gasteiger partial charge in [0.05, 0.1) is 19.3 Å². The topological polar surface area (TPSA) is 77.5 Å². The van der Waals surface area contributed by atoms with Gasteiger partial charge in [-0.15, -0.1) is 0 Å². The lowest BCUT2D eigenvalue weighted by atomic mass is 9.94. The number of aromatic nitrogens is 2. The van der Waals surface area contributed by atoms with Crippen LogP contribution in [-0.4, -0.2) is 28.0 Å². The molecule has 0 saturated carbocycles. The highest BCUT2D eigenvalue weighted by atomic mass is 16.5. The Kier molecular flexibility index (Phi) is 3.60. The van der Waals surface area contributed by atoms with Crippen LogP contribution in [0.2, 0.25) is 0 Å². The molecule has 128 valence electrons. The second-order valence-corrected chi connectivity index (χ2v) is 6.21. The number of benzene rings is 1. The number of carboxylic acids is 1. The zero-order valence-corrected chi connectivity index (χ0v) is 14.1. The molecule has 2 aromatic heterocycles. The van der Waals surface area contributed by atoms with E-state index in [1.54, 1.807) is 14.0 Å². The molecular formula is C19H18N2O4. The van der Waals surface area contributed by atoms with E-state index in [9.17, 15) is 9.90 Å². The first-order valence-electron chi connectivity index (χ1n) is 8.12.